The van der Waals surface area contributed by atoms with Gasteiger partial charge in [0.05, 0.1) is 12.1 Å². The van der Waals surface area contributed by atoms with Gasteiger partial charge in [-0.05, 0) is 26.3 Å². The Morgan fingerprint density at radius 1 is 1.38 bits per heavy atom. The van der Waals surface area contributed by atoms with Gasteiger partial charge in [-0.2, -0.15) is 0 Å². The van der Waals surface area contributed by atoms with Crippen molar-refractivity contribution in [1.82, 2.24) is 15.2 Å². The molecule has 2 fully saturated rings. The molecule has 0 aromatic carbocycles. The second-order valence-corrected chi connectivity index (χ2v) is 6.75. The van der Waals surface area contributed by atoms with Crippen molar-refractivity contribution in [1.29, 1.82) is 0 Å². The van der Waals surface area contributed by atoms with Gasteiger partial charge in [0.15, 0.2) is 5.13 Å². The van der Waals surface area contributed by atoms with Gasteiger partial charge in [0.2, 0.25) is 11.8 Å². The Bertz CT molecular complexity index is 569. The van der Waals surface area contributed by atoms with E-state index in [2.05, 4.69) is 10.3 Å². The van der Waals surface area contributed by atoms with Crippen molar-refractivity contribution in [3.8, 4) is 0 Å². The summed E-state index contributed by atoms with van der Waals surface area (Å²) < 4.78 is 0. The van der Waals surface area contributed by atoms with E-state index >= 15 is 0 Å². The van der Waals surface area contributed by atoms with Crippen molar-refractivity contribution >= 4 is 53.1 Å². The van der Waals surface area contributed by atoms with Gasteiger partial charge in [-0.25, -0.2) is 4.98 Å². The summed E-state index contributed by atoms with van der Waals surface area (Å²) in [4.78, 5) is 32.3. The predicted molar refractivity (Wildman–Crippen MR) is 101 cm³/mol. The summed E-state index contributed by atoms with van der Waals surface area (Å²) in [6.45, 7) is 2.35. The largest absolute Gasteiger partial charge is 0.341 e. The van der Waals surface area contributed by atoms with Gasteiger partial charge in [0.25, 0.3) is 0 Å². The maximum Gasteiger partial charge on any atom is 0.228 e. The van der Waals surface area contributed by atoms with Gasteiger partial charge in [0, 0.05) is 37.5 Å². The molecule has 0 radical (unpaired) electrons. The Morgan fingerprint density at radius 3 is 2.83 bits per heavy atom. The molecule has 3 heterocycles. The minimum atomic E-state index is 0. The average molecular weight is 395 g/mol. The van der Waals surface area contributed by atoms with Gasteiger partial charge >= 0.3 is 0 Å². The number of carbonyl (C=O) groups is 2. The summed E-state index contributed by atoms with van der Waals surface area (Å²) >= 11 is 1.46. The van der Waals surface area contributed by atoms with Gasteiger partial charge in [-0.1, -0.05) is 0 Å². The quantitative estimate of drug-likeness (QED) is 0.846. The number of likely N-dealkylation sites (N-methyl/N-ethyl adjacent to an activating group) is 1. The SMILES string of the molecule is CNC1CCCN(C(=O)Cc2csc(N3CCCC3=O)n2)C1.Cl.Cl. The monoisotopic (exact) mass is 394 g/mol. The standard InChI is InChI=1S/C15H22N4O2S.2ClH/c1-16-11-4-2-6-18(9-11)14(21)8-12-10-22-15(17-12)19-7-3-5-13(19)20;;/h10-11,16H,2-9H2,1H3;2*1H. The molecule has 0 bridgehead atoms. The number of thiazole rings is 1. The number of hydrogen-bond donors (Lipinski definition) is 1. The van der Waals surface area contributed by atoms with Crippen molar-refractivity contribution in [3.63, 3.8) is 0 Å². The number of nitrogens with zero attached hydrogens (tertiary/aromatic N) is 3. The lowest BCUT2D eigenvalue weighted by Crippen LogP contribution is -2.47. The third kappa shape index (κ3) is 4.81. The molecule has 1 unspecified atom stereocenters. The average Bonchev–Trinajstić information content (AvgIpc) is 3.16. The number of hydrogen-bond acceptors (Lipinski definition) is 5. The van der Waals surface area contributed by atoms with E-state index in [1.54, 1.807) is 4.90 Å². The van der Waals surface area contributed by atoms with Crippen molar-refractivity contribution in [2.24, 2.45) is 0 Å². The van der Waals surface area contributed by atoms with Crippen LogP contribution in [0.25, 0.3) is 0 Å². The molecule has 1 aromatic rings. The first kappa shape index (κ1) is 21.2. The Labute approximate surface area is 158 Å². The third-order valence-corrected chi connectivity index (χ3v) is 5.27. The van der Waals surface area contributed by atoms with Gasteiger partial charge < -0.3 is 10.2 Å². The number of aromatic nitrogens is 1. The minimum absolute atomic E-state index is 0. The number of piperidine rings is 1. The number of anilines is 1. The number of nitrogens with one attached hydrogen (secondary N) is 1. The highest BCUT2D eigenvalue weighted by atomic mass is 35.5. The molecule has 2 aliphatic heterocycles. The molecule has 2 aliphatic rings. The van der Waals surface area contributed by atoms with Crippen LogP contribution in [-0.2, 0) is 16.0 Å². The van der Waals surface area contributed by atoms with E-state index in [0.29, 0.717) is 18.9 Å². The van der Waals surface area contributed by atoms with E-state index in [9.17, 15) is 9.59 Å². The molecule has 0 saturated carbocycles. The summed E-state index contributed by atoms with van der Waals surface area (Å²) in [7, 11) is 1.94. The fraction of sp³-hybridized carbons (Fsp3) is 0.667. The Morgan fingerprint density at radius 2 is 2.17 bits per heavy atom. The maximum absolute atomic E-state index is 12.4. The van der Waals surface area contributed by atoms with Crippen LogP contribution >= 0.6 is 36.2 Å². The smallest absolute Gasteiger partial charge is 0.228 e. The van der Waals surface area contributed by atoms with E-state index < -0.39 is 0 Å². The first-order valence-corrected chi connectivity index (χ1v) is 8.75. The molecule has 2 amide bonds. The molecule has 1 atom stereocenters. The lowest BCUT2D eigenvalue weighted by molar-refractivity contribution is -0.131. The second-order valence-electron chi connectivity index (χ2n) is 5.91. The third-order valence-electron chi connectivity index (χ3n) is 4.36. The molecule has 3 rings (SSSR count). The predicted octanol–water partition coefficient (Wildman–Crippen LogP) is 1.87. The zero-order valence-corrected chi connectivity index (χ0v) is 16.1. The van der Waals surface area contributed by atoms with E-state index in [1.807, 2.05) is 17.3 Å². The van der Waals surface area contributed by atoms with Crippen molar-refractivity contribution in [2.75, 3.05) is 31.6 Å². The van der Waals surface area contributed by atoms with Crippen LogP contribution in [0.1, 0.15) is 31.4 Å². The van der Waals surface area contributed by atoms with Crippen LogP contribution in [0.3, 0.4) is 0 Å². The number of likely N-dealkylation sites (tertiary alicyclic amines) is 1. The van der Waals surface area contributed by atoms with Crippen LogP contribution in [-0.4, -0.2) is 54.4 Å². The molecule has 1 N–H and O–H groups in total. The van der Waals surface area contributed by atoms with Crippen LogP contribution in [0.4, 0.5) is 5.13 Å². The van der Waals surface area contributed by atoms with E-state index in [0.717, 1.165) is 49.7 Å². The van der Waals surface area contributed by atoms with E-state index in [1.165, 1.54) is 11.3 Å². The second kappa shape index (κ2) is 9.56. The maximum atomic E-state index is 12.4. The molecular weight excluding hydrogens is 371 g/mol. The summed E-state index contributed by atoms with van der Waals surface area (Å²) in [5.74, 6) is 0.268. The van der Waals surface area contributed by atoms with Crippen molar-refractivity contribution in [3.05, 3.63) is 11.1 Å². The van der Waals surface area contributed by atoms with E-state index in [-0.39, 0.29) is 36.6 Å². The first-order valence-electron chi connectivity index (χ1n) is 7.87. The van der Waals surface area contributed by atoms with Crippen LogP contribution in [0.5, 0.6) is 0 Å². The highest BCUT2D eigenvalue weighted by Gasteiger charge is 2.26. The highest BCUT2D eigenvalue weighted by molar-refractivity contribution is 7.14. The first-order chi connectivity index (χ1) is 10.7. The molecule has 9 heteroatoms. The molecule has 2 saturated heterocycles. The molecule has 0 aliphatic carbocycles. The van der Waals surface area contributed by atoms with Gasteiger partial charge in [-0.15, -0.1) is 36.2 Å². The molecule has 136 valence electrons. The molecule has 6 nitrogen and oxygen atoms in total. The molecule has 0 spiro atoms. The lowest BCUT2D eigenvalue weighted by Gasteiger charge is -2.32. The summed E-state index contributed by atoms with van der Waals surface area (Å²) in [6, 6.07) is 0.394. The van der Waals surface area contributed by atoms with Crippen molar-refractivity contribution < 1.29 is 9.59 Å². The fourth-order valence-electron chi connectivity index (χ4n) is 3.06. The lowest BCUT2D eigenvalue weighted by atomic mass is 10.1. The Balaban J connectivity index is 0.00000144. The summed E-state index contributed by atoms with van der Waals surface area (Å²) in [6.07, 6.45) is 3.99. The van der Waals surface area contributed by atoms with Crippen LogP contribution in [0, 0.1) is 0 Å². The van der Waals surface area contributed by atoms with E-state index in [4.69, 9.17) is 0 Å². The highest BCUT2D eigenvalue weighted by Crippen LogP contribution is 2.25. The number of carbonyl (C=O) groups excluding carboxylic acids is 2. The fourth-order valence-corrected chi connectivity index (χ4v) is 3.93. The zero-order valence-electron chi connectivity index (χ0n) is 13.7. The topological polar surface area (TPSA) is 65.5 Å². The zero-order chi connectivity index (χ0) is 15.5. The van der Waals surface area contributed by atoms with Crippen LogP contribution < -0.4 is 10.2 Å². The summed E-state index contributed by atoms with van der Waals surface area (Å²) in [5, 5.41) is 5.88. The molecule has 24 heavy (non-hydrogen) atoms. The minimum Gasteiger partial charge on any atom is -0.341 e. The van der Waals surface area contributed by atoms with Gasteiger partial charge in [0.1, 0.15) is 0 Å². The Kier molecular flexibility index (Phi) is 8.42. The number of rotatable bonds is 4. The normalized spacial score (nSPS) is 20.5. The number of amides is 2. The number of halogens is 2. The van der Waals surface area contributed by atoms with Gasteiger partial charge in [-0.3, -0.25) is 14.5 Å². The molecule has 1 aromatic heterocycles. The summed E-state index contributed by atoms with van der Waals surface area (Å²) in [5.41, 5.74) is 0.774. The van der Waals surface area contributed by atoms with Crippen molar-refractivity contribution in [2.45, 2.75) is 38.1 Å². The van der Waals surface area contributed by atoms with Crippen LogP contribution in [0.15, 0.2) is 5.38 Å². The Hall–Kier alpha value is -0.890. The van der Waals surface area contributed by atoms with Crippen LogP contribution in [0.2, 0.25) is 0 Å². The molecular formula is C15H24Cl2N4O2S.